The van der Waals surface area contributed by atoms with Crippen molar-refractivity contribution in [2.45, 2.75) is 45.6 Å². The van der Waals surface area contributed by atoms with Gasteiger partial charge >= 0.3 is 0 Å². The van der Waals surface area contributed by atoms with E-state index in [0.29, 0.717) is 31.7 Å². The van der Waals surface area contributed by atoms with Gasteiger partial charge in [-0.2, -0.15) is 0 Å². The molecule has 0 aliphatic carbocycles. The highest BCUT2D eigenvalue weighted by Crippen LogP contribution is 2.14. The number of nitrogens with one attached hydrogen (secondary N) is 1. The van der Waals surface area contributed by atoms with Crippen LogP contribution in [0.5, 0.6) is 0 Å². The van der Waals surface area contributed by atoms with Crippen molar-refractivity contribution < 1.29 is 9.90 Å². The summed E-state index contributed by atoms with van der Waals surface area (Å²) in [5.41, 5.74) is -0.808. The summed E-state index contributed by atoms with van der Waals surface area (Å²) in [6, 6.07) is 0. The first-order valence-electron chi connectivity index (χ1n) is 5.47. The lowest BCUT2D eigenvalue weighted by molar-refractivity contribution is -0.122. The number of amides is 1. The lowest BCUT2D eigenvalue weighted by Gasteiger charge is -2.25. The fourth-order valence-corrected chi connectivity index (χ4v) is 1.56. The summed E-state index contributed by atoms with van der Waals surface area (Å²) in [4.78, 5) is 11.3. The van der Waals surface area contributed by atoms with Crippen molar-refractivity contribution in [2.75, 3.05) is 6.54 Å². The van der Waals surface area contributed by atoms with Crippen molar-refractivity contribution in [2.24, 2.45) is 5.92 Å². The van der Waals surface area contributed by atoms with Crippen molar-refractivity contribution in [3.05, 3.63) is 12.7 Å². The van der Waals surface area contributed by atoms with E-state index in [-0.39, 0.29) is 5.91 Å². The summed E-state index contributed by atoms with van der Waals surface area (Å²) in [5, 5.41) is 12.7. The Morgan fingerprint density at radius 3 is 2.67 bits per heavy atom. The third kappa shape index (κ3) is 8.18. The van der Waals surface area contributed by atoms with Gasteiger partial charge in [-0.25, -0.2) is 0 Å². The van der Waals surface area contributed by atoms with Gasteiger partial charge in [0.2, 0.25) is 5.91 Å². The molecule has 0 rings (SSSR count). The third-order valence-electron chi connectivity index (χ3n) is 2.09. The number of rotatable bonds is 7. The van der Waals surface area contributed by atoms with Gasteiger partial charge in [-0.1, -0.05) is 19.9 Å². The summed E-state index contributed by atoms with van der Waals surface area (Å²) in [5.74, 6) is 0.393. The van der Waals surface area contributed by atoms with Crippen molar-refractivity contribution in [3.8, 4) is 0 Å². The molecule has 0 aromatic carbocycles. The number of carbonyl (C=O) groups is 1. The van der Waals surface area contributed by atoms with E-state index in [9.17, 15) is 9.90 Å². The SMILES string of the molecule is C=CCCC(=O)NCC(C)(O)CC(C)C. The van der Waals surface area contributed by atoms with Gasteiger partial charge in [-0.05, 0) is 25.7 Å². The molecule has 0 aromatic rings. The molecule has 0 saturated heterocycles. The van der Waals surface area contributed by atoms with Crippen LogP contribution in [0.4, 0.5) is 0 Å². The van der Waals surface area contributed by atoms with Crippen molar-refractivity contribution in [3.63, 3.8) is 0 Å². The molecule has 15 heavy (non-hydrogen) atoms. The maximum Gasteiger partial charge on any atom is 0.220 e. The molecule has 0 saturated carbocycles. The molecule has 3 heteroatoms. The molecule has 0 aromatic heterocycles. The standard InChI is InChI=1S/C12H23NO2/c1-5-6-7-11(14)13-9-12(4,15)8-10(2)3/h5,10,15H,1,6-9H2,2-4H3,(H,13,14). The Hall–Kier alpha value is -0.830. The van der Waals surface area contributed by atoms with Crippen LogP contribution >= 0.6 is 0 Å². The second-order valence-electron chi connectivity index (χ2n) is 4.70. The molecule has 0 bridgehead atoms. The van der Waals surface area contributed by atoms with Gasteiger partial charge in [0, 0.05) is 13.0 Å². The Balaban J connectivity index is 3.81. The van der Waals surface area contributed by atoms with Gasteiger partial charge in [-0.15, -0.1) is 6.58 Å². The lowest BCUT2D eigenvalue weighted by Crippen LogP contribution is -2.41. The molecule has 88 valence electrons. The highest BCUT2D eigenvalue weighted by molar-refractivity contribution is 5.76. The van der Waals surface area contributed by atoms with Gasteiger partial charge in [0.15, 0.2) is 0 Å². The van der Waals surface area contributed by atoms with Crippen LogP contribution in [0.3, 0.4) is 0 Å². The molecule has 0 aliphatic rings. The molecule has 1 unspecified atom stereocenters. The smallest absolute Gasteiger partial charge is 0.220 e. The number of aliphatic hydroxyl groups is 1. The fraction of sp³-hybridized carbons (Fsp3) is 0.750. The van der Waals surface area contributed by atoms with Gasteiger partial charge in [0.25, 0.3) is 0 Å². The Morgan fingerprint density at radius 2 is 2.20 bits per heavy atom. The first-order chi connectivity index (χ1) is 6.87. The van der Waals surface area contributed by atoms with Crippen molar-refractivity contribution in [1.29, 1.82) is 0 Å². The van der Waals surface area contributed by atoms with Gasteiger partial charge in [0.05, 0.1) is 5.60 Å². The average Bonchev–Trinajstić information content (AvgIpc) is 2.09. The van der Waals surface area contributed by atoms with E-state index in [4.69, 9.17) is 0 Å². The van der Waals surface area contributed by atoms with E-state index >= 15 is 0 Å². The minimum Gasteiger partial charge on any atom is -0.388 e. The van der Waals surface area contributed by atoms with Crippen LogP contribution in [0.2, 0.25) is 0 Å². The molecule has 3 nitrogen and oxygen atoms in total. The van der Waals surface area contributed by atoms with E-state index in [1.165, 1.54) is 0 Å². The van der Waals surface area contributed by atoms with Gasteiger partial charge < -0.3 is 10.4 Å². The van der Waals surface area contributed by atoms with Crippen LogP contribution in [0, 0.1) is 5.92 Å². The average molecular weight is 213 g/mol. The monoisotopic (exact) mass is 213 g/mol. The maximum absolute atomic E-state index is 11.3. The highest BCUT2D eigenvalue weighted by atomic mass is 16.3. The molecule has 0 fully saturated rings. The Morgan fingerprint density at radius 1 is 1.60 bits per heavy atom. The first-order valence-corrected chi connectivity index (χ1v) is 5.47. The van der Waals surface area contributed by atoms with Crippen LogP contribution in [0.1, 0.15) is 40.0 Å². The Kier molecular flexibility index (Phi) is 6.25. The quantitative estimate of drug-likeness (QED) is 0.634. The zero-order valence-corrected chi connectivity index (χ0v) is 10.0. The van der Waals surface area contributed by atoms with Gasteiger partial charge in [0.1, 0.15) is 0 Å². The van der Waals surface area contributed by atoms with Crippen molar-refractivity contribution >= 4 is 5.91 Å². The summed E-state index contributed by atoms with van der Waals surface area (Å²) in [6.45, 7) is 9.72. The molecule has 0 radical (unpaired) electrons. The minimum absolute atomic E-state index is 0.0288. The topological polar surface area (TPSA) is 49.3 Å². The number of hydrogen-bond acceptors (Lipinski definition) is 2. The van der Waals surface area contributed by atoms with E-state index < -0.39 is 5.60 Å². The van der Waals surface area contributed by atoms with Gasteiger partial charge in [-0.3, -0.25) is 4.79 Å². The van der Waals surface area contributed by atoms with Crippen LogP contribution in [0.25, 0.3) is 0 Å². The molecule has 1 amide bonds. The summed E-state index contributed by atoms with van der Waals surface area (Å²) < 4.78 is 0. The fourth-order valence-electron chi connectivity index (χ4n) is 1.56. The maximum atomic E-state index is 11.3. The van der Waals surface area contributed by atoms with Crippen LogP contribution in [-0.2, 0) is 4.79 Å². The molecular weight excluding hydrogens is 190 g/mol. The summed E-state index contributed by atoms with van der Waals surface area (Å²) >= 11 is 0. The zero-order valence-electron chi connectivity index (χ0n) is 10.0. The van der Waals surface area contributed by atoms with E-state index in [1.54, 1.807) is 13.0 Å². The van der Waals surface area contributed by atoms with E-state index in [0.717, 1.165) is 0 Å². The van der Waals surface area contributed by atoms with Crippen LogP contribution in [0.15, 0.2) is 12.7 Å². The van der Waals surface area contributed by atoms with Crippen LogP contribution in [-0.4, -0.2) is 23.2 Å². The predicted octanol–water partition coefficient (Wildman–Crippen LogP) is 1.87. The highest BCUT2D eigenvalue weighted by Gasteiger charge is 2.22. The molecule has 1 atom stereocenters. The Bertz CT molecular complexity index is 210. The molecule has 0 heterocycles. The molecule has 0 aliphatic heterocycles. The van der Waals surface area contributed by atoms with Crippen LogP contribution < -0.4 is 5.32 Å². The van der Waals surface area contributed by atoms with Crippen molar-refractivity contribution in [1.82, 2.24) is 5.32 Å². The second-order valence-corrected chi connectivity index (χ2v) is 4.70. The third-order valence-corrected chi connectivity index (χ3v) is 2.09. The zero-order chi connectivity index (χ0) is 11.9. The summed E-state index contributed by atoms with van der Waals surface area (Å²) in [6.07, 6.45) is 3.53. The Labute approximate surface area is 92.6 Å². The first kappa shape index (κ1) is 14.2. The number of hydrogen-bond donors (Lipinski definition) is 2. The molecule has 0 spiro atoms. The molecular formula is C12H23NO2. The lowest BCUT2D eigenvalue weighted by atomic mass is 9.94. The normalized spacial score (nSPS) is 14.7. The van der Waals surface area contributed by atoms with E-state index in [1.807, 2.05) is 13.8 Å². The second kappa shape index (κ2) is 6.62. The largest absolute Gasteiger partial charge is 0.388 e. The predicted molar refractivity (Wildman–Crippen MR) is 62.5 cm³/mol. The summed E-state index contributed by atoms with van der Waals surface area (Å²) in [7, 11) is 0. The minimum atomic E-state index is -0.808. The van der Waals surface area contributed by atoms with E-state index in [2.05, 4.69) is 11.9 Å². The molecule has 2 N–H and O–H groups in total. The number of carbonyl (C=O) groups excluding carboxylic acids is 1. The number of allylic oxidation sites excluding steroid dienone is 1.